The van der Waals surface area contributed by atoms with Crippen molar-refractivity contribution in [2.24, 2.45) is 0 Å². The van der Waals surface area contributed by atoms with Gasteiger partial charge in [0, 0.05) is 17.2 Å². The van der Waals surface area contributed by atoms with E-state index < -0.39 is 29.5 Å². The van der Waals surface area contributed by atoms with Gasteiger partial charge in [-0.1, -0.05) is 17.3 Å². The second kappa shape index (κ2) is 10.3. The zero-order valence-electron chi connectivity index (χ0n) is 20.2. The Morgan fingerprint density at radius 3 is 2.58 bits per heavy atom. The van der Waals surface area contributed by atoms with Gasteiger partial charge in [0.1, 0.15) is 12.1 Å². The molecule has 1 amide bonds. The van der Waals surface area contributed by atoms with E-state index in [1.165, 1.54) is 37.6 Å². The lowest BCUT2D eigenvalue weighted by atomic mass is 9.96. The van der Waals surface area contributed by atoms with E-state index in [0.717, 1.165) is 32.0 Å². The molecule has 2 heterocycles. The first kappa shape index (κ1) is 25.7. The van der Waals surface area contributed by atoms with Gasteiger partial charge in [-0.05, 0) is 76.2 Å². The number of likely N-dealkylation sites (tertiary alicyclic amines) is 1. The molecule has 4 rings (SSSR count). The number of nitrogens with zero attached hydrogens (tertiary/aromatic N) is 2. The topological polar surface area (TPSA) is 70.4 Å². The number of carbonyl (C=O) groups excluding carboxylic acids is 1. The number of piperidine rings is 1. The average molecular weight is 505 g/mol. The molecule has 0 bridgehead atoms. The zero-order valence-corrected chi connectivity index (χ0v) is 20.2. The van der Waals surface area contributed by atoms with Crippen molar-refractivity contribution in [3.63, 3.8) is 0 Å². The number of carbonyl (C=O) groups is 1. The Hall–Kier alpha value is -3.40. The minimum Gasteiger partial charge on any atom is -0.381 e. The van der Waals surface area contributed by atoms with E-state index in [9.17, 15) is 18.0 Å². The average Bonchev–Trinajstić information content (AvgIpc) is 3.34. The molecule has 1 aromatic heterocycles. The Morgan fingerprint density at radius 2 is 1.94 bits per heavy atom. The lowest BCUT2D eigenvalue weighted by Gasteiger charge is -2.31. The van der Waals surface area contributed by atoms with Crippen molar-refractivity contribution < 1.29 is 26.9 Å². The lowest BCUT2D eigenvalue weighted by molar-refractivity contribution is -0.138. The van der Waals surface area contributed by atoms with Crippen molar-refractivity contribution >= 4 is 11.6 Å². The molecule has 6 nitrogen and oxygen atoms in total. The summed E-state index contributed by atoms with van der Waals surface area (Å²) in [5, 5.41) is 9.70. The summed E-state index contributed by atoms with van der Waals surface area (Å²) in [6.45, 7) is 4.74. The standard InChI is InChI=1S/C26H28F4N4O2/c1-15-19(5-4-6-22(15)26(28,29)30)16(2)32-25(35)21-11-20(17-13-31-36-14-17)23(27)12-24(21)33-18-7-9-34(3)10-8-18/h4-6,11-14,16,18,33H,7-10H2,1-3H3,(H,32,35)/t16-/m1/s1. The van der Waals surface area contributed by atoms with Gasteiger partial charge < -0.3 is 20.1 Å². The van der Waals surface area contributed by atoms with E-state index >= 15 is 4.39 Å². The van der Waals surface area contributed by atoms with Crippen LogP contribution in [0.1, 0.15) is 52.9 Å². The van der Waals surface area contributed by atoms with E-state index in [4.69, 9.17) is 4.52 Å². The van der Waals surface area contributed by atoms with E-state index in [1.807, 2.05) is 7.05 Å². The first-order valence-corrected chi connectivity index (χ1v) is 11.7. The number of alkyl halides is 3. The molecule has 3 aromatic rings. The highest BCUT2D eigenvalue weighted by molar-refractivity contribution is 6.01. The summed E-state index contributed by atoms with van der Waals surface area (Å²) in [5.74, 6) is -1.08. The molecule has 36 heavy (non-hydrogen) atoms. The second-order valence-electron chi connectivity index (χ2n) is 9.23. The minimum atomic E-state index is -4.50. The number of halogens is 4. The number of anilines is 1. The van der Waals surface area contributed by atoms with Crippen LogP contribution in [0, 0.1) is 12.7 Å². The fourth-order valence-electron chi connectivity index (χ4n) is 4.59. The van der Waals surface area contributed by atoms with Crippen LogP contribution in [0.15, 0.2) is 47.3 Å². The molecule has 1 saturated heterocycles. The highest BCUT2D eigenvalue weighted by Gasteiger charge is 2.33. The van der Waals surface area contributed by atoms with Crippen molar-refractivity contribution in [3.05, 3.63) is 70.9 Å². The van der Waals surface area contributed by atoms with Gasteiger partial charge in [0.2, 0.25) is 0 Å². The van der Waals surface area contributed by atoms with Gasteiger partial charge in [0.15, 0.2) is 0 Å². The van der Waals surface area contributed by atoms with Gasteiger partial charge in [-0.25, -0.2) is 4.39 Å². The Morgan fingerprint density at radius 1 is 1.22 bits per heavy atom. The zero-order chi connectivity index (χ0) is 26.0. The van der Waals surface area contributed by atoms with Crippen LogP contribution >= 0.6 is 0 Å². The summed E-state index contributed by atoms with van der Waals surface area (Å²) in [7, 11) is 2.03. The molecular formula is C26H28F4N4O2. The summed E-state index contributed by atoms with van der Waals surface area (Å²) in [5.41, 5.74) is 0.668. The number of hydrogen-bond acceptors (Lipinski definition) is 5. The largest absolute Gasteiger partial charge is 0.416 e. The lowest BCUT2D eigenvalue weighted by Crippen LogP contribution is -2.37. The van der Waals surface area contributed by atoms with Crippen molar-refractivity contribution in [1.29, 1.82) is 0 Å². The van der Waals surface area contributed by atoms with Crippen LogP contribution in [0.3, 0.4) is 0 Å². The predicted octanol–water partition coefficient (Wildman–Crippen LogP) is 5.81. The Bertz CT molecular complexity index is 1220. The maximum Gasteiger partial charge on any atom is 0.416 e. The third-order valence-corrected chi connectivity index (χ3v) is 6.67. The fourth-order valence-corrected chi connectivity index (χ4v) is 4.59. The van der Waals surface area contributed by atoms with Gasteiger partial charge in [0.05, 0.1) is 29.1 Å². The molecule has 0 saturated carbocycles. The highest BCUT2D eigenvalue weighted by atomic mass is 19.4. The SMILES string of the molecule is Cc1c([C@@H](C)NC(=O)c2cc(-c3cnoc3)c(F)cc2NC2CCN(C)CC2)cccc1C(F)(F)F. The van der Waals surface area contributed by atoms with Crippen LogP contribution in [0.4, 0.5) is 23.2 Å². The van der Waals surface area contributed by atoms with E-state index in [0.29, 0.717) is 16.8 Å². The predicted molar refractivity (Wildman–Crippen MR) is 128 cm³/mol. The number of nitrogens with one attached hydrogen (secondary N) is 2. The molecule has 1 fully saturated rings. The Balaban J connectivity index is 1.65. The maximum atomic E-state index is 15.1. The monoisotopic (exact) mass is 504 g/mol. The molecule has 0 spiro atoms. The number of benzene rings is 2. The quantitative estimate of drug-likeness (QED) is 0.415. The van der Waals surface area contributed by atoms with Crippen LogP contribution in [-0.2, 0) is 6.18 Å². The molecular weight excluding hydrogens is 476 g/mol. The Kier molecular flexibility index (Phi) is 7.35. The third kappa shape index (κ3) is 5.53. The molecule has 192 valence electrons. The van der Waals surface area contributed by atoms with E-state index in [-0.39, 0.29) is 22.7 Å². The van der Waals surface area contributed by atoms with Crippen LogP contribution in [0.5, 0.6) is 0 Å². The molecule has 2 N–H and O–H groups in total. The molecule has 2 aromatic carbocycles. The van der Waals surface area contributed by atoms with Gasteiger partial charge in [0.25, 0.3) is 5.91 Å². The summed E-state index contributed by atoms with van der Waals surface area (Å²) in [4.78, 5) is 15.6. The molecule has 0 unspecified atom stereocenters. The summed E-state index contributed by atoms with van der Waals surface area (Å²) >= 11 is 0. The molecule has 0 aliphatic carbocycles. The normalized spacial score (nSPS) is 16.1. The molecule has 1 aliphatic rings. The summed E-state index contributed by atoms with van der Waals surface area (Å²) in [6.07, 6.45) is -0.226. The fraction of sp³-hybridized carbons (Fsp3) is 0.385. The number of hydrogen-bond donors (Lipinski definition) is 2. The first-order valence-electron chi connectivity index (χ1n) is 11.7. The Labute approximate surface area is 206 Å². The summed E-state index contributed by atoms with van der Waals surface area (Å²) < 4.78 is 60.1. The number of aromatic nitrogens is 1. The van der Waals surface area contributed by atoms with Crippen molar-refractivity contribution in [2.75, 3.05) is 25.5 Å². The van der Waals surface area contributed by atoms with Crippen LogP contribution in [0.25, 0.3) is 11.1 Å². The van der Waals surface area contributed by atoms with Crippen molar-refractivity contribution in [1.82, 2.24) is 15.4 Å². The molecule has 1 aliphatic heterocycles. The van der Waals surface area contributed by atoms with Crippen molar-refractivity contribution in [2.45, 2.75) is 44.9 Å². The molecule has 1 atom stereocenters. The molecule has 0 radical (unpaired) electrons. The highest BCUT2D eigenvalue weighted by Crippen LogP contribution is 2.35. The van der Waals surface area contributed by atoms with Crippen molar-refractivity contribution in [3.8, 4) is 11.1 Å². The van der Waals surface area contributed by atoms with Gasteiger partial charge >= 0.3 is 6.18 Å². The molecule has 10 heteroatoms. The van der Waals surface area contributed by atoms with Crippen LogP contribution < -0.4 is 10.6 Å². The first-order chi connectivity index (χ1) is 17.0. The van der Waals surface area contributed by atoms with Gasteiger partial charge in [-0.3, -0.25) is 4.79 Å². The minimum absolute atomic E-state index is 0.0479. The second-order valence-corrected chi connectivity index (χ2v) is 9.23. The van der Waals surface area contributed by atoms with Gasteiger partial charge in [-0.2, -0.15) is 13.2 Å². The smallest absolute Gasteiger partial charge is 0.381 e. The summed E-state index contributed by atoms with van der Waals surface area (Å²) in [6, 6.07) is 5.92. The maximum absolute atomic E-state index is 15.1. The number of rotatable bonds is 6. The van der Waals surface area contributed by atoms with E-state index in [1.54, 1.807) is 13.0 Å². The van der Waals surface area contributed by atoms with Crippen LogP contribution in [0.2, 0.25) is 0 Å². The van der Waals surface area contributed by atoms with Crippen LogP contribution in [-0.4, -0.2) is 42.1 Å². The van der Waals surface area contributed by atoms with Gasteiger partial charge in [-0.15, -0.1) is 0 Å². The van der Waals surface area contributed by atoms with E-state index in [2.05, 4.69) is 20.7 Å². The third-order valence-electron chi connectivity index (χ3n) is 6.67. The number of amides is 1.